The molecule has 7 rings (SSSR count). The molecule has 0 atom stereocenters. The van der Waals surface area contributed by atoms with Crippen LogP contribution in [0.5, 0.6) is 0 Å². The molecule has 0 amide bonds. The van der Waals surface area contributed by atoms with E-state index in [0.29, 0.717) is 11.3 Å². The van der Waals surface area contributed by atoms with Crippen LogP contribution in [0, 0.1) is 46.7 Å². The van der Waals surface area contributed by atoms with E-state index < -0.39 is 6.85 Å². The molecule has 0 spiro atoms. The molecule has 0 aliphatic carbocycles. The van der Waals surface area contributed by atoms with Crippen LogP contribution in [-0.2, 0) is 20.1 Å². The van der Waals surface area contributed by atoms with E-state index in [1.165, 1.54) is 27.6 Å². The van der Waals surface area contributed by atoms with Gasteiger partial charge in [-0.05, 0) is 68.2 Å². The van der Waals surface area contributed by atoms with Crippen LogP contribution in [0.2, 0.25) is 0 Å². The minimum atomic E-state index is -2.27. The summed E-state index contributed by atoms with van der Waals surface area (Å²) in [6, 6.07) is 25.9. The van der Waals surface area contributed by atoms with Crippen LogP contribution in [0.25, 0.3) is 54.7 Å². The summed E-state index contributed by atoms with van der Waals surface area (Å²) in [6.45, 7) is 6.05. The molecule has 40 heavy (non-hydrogen) atoms. The van der Waals surface area contributed by atoms with Gasteiger partial charge in [-0.1, -0.05) is 35.6 Å². The Kier molecular flexibility index (Phi) is 6.89. The van der Waals surface area contributed by atoms with Crippen molar-refractivity contribution >= 4 is 43.5 Å². The average molecular weight is 721 g/mol. The predicted octanol–water partition coefficient (Wildman–Crippen LogP) is 9.15. The Labute approximate surface area is 255 Å². The van der Waals surface area contributed by atoms with Gasteiger partial charge in [-0.25, -0.2) is 4.98 Å². The Hall–Kier alpha value is -3.70. The zero-order valence-electron chi connectivity index (χ0n) is 25.4. The van der Waals surface area contributed by atoms with Gasteiger partial charge in [0.25, 0.3) is 0 Å². The first-order chi connectivity index (χ1) is 20.1. The third-order valence-electron chi connectivity index (χ3n) is 6.70. The maximum Gasteiger partial charge on any atom is 0.216 e. The molecule has 0 saturated heterocycles. The first-order valence-corrected chi connectivity index (χ1v) is 13.4. The van der Waals surface area contributed by atoms with Crippen LogP contribution in [-0.4, -0.2) is 15.0 Å². The van der Waals surface area contributed by atoms with E-state index in [2.05, 4.69) is 79.0 Å². The van der Waals surface area contributed by atoms with Gasteiger partial charge in [0.15, 0.2) is 0 Å². The smallest absolute Gasteiger partial charge is 0.216 e. The van der Waals surface area contributed by atoms with E-state index >= 15 is 0 Å². The molecule has 2 aromatic carbocycles. The summed E-state index contributed by atoms with van der Waals surface area (Å²) in [5, 5.41) is 2.78. The zero-order valence-corrected chi connectivity index (χ0v) is 25.6. The van der Waals surface area contributed by atoms with Gasteiger partial charge in [-0.3, -0.25) is 0 Å². The largest absolute Gasteiger partial charge is 0.486 e. The Morgan fingerprint density at radius 1 is 0.850 bits per heavy atom. The molecule has 5 aromatic heterocycles. The van der Waals surface area contributed by atoms with Crippen molar-refractivity contribution in [3.63, 3.8) is 0 Å². The van der Waals surface area contributed by atoms with Gasteiger partial charge >= 0.3 is 0 Å². The Bertz CT molecular complexity index is 2080. The van der Waals surface area contributed by atoms with Crippen molar-refractivity contribution in [1.82, 2.24) is 15.0 Å². The fourth-order valence-corrected chi connectivity index (χ4v) is 5.34. The molecule has 0 N–H and O–H groups in total. The predicted molar refractivity (Wildman–Crippen MR) is 161 cm³/mol. The zero-order chi connectivity index (χ0) is 29.6. The quantitative estimate of drug-likeness (QED) is 0.167. The number of hydrogen-bond acceptors (Lipinski definition) is 5. The summed E-state index contributed by atoms with van der Waals surface area (Å²) >= 11 is 1.71. The summed E-state index contributed by atoms with van der Waals surface area (Å²) in [4.78, 5) is 14.4. The number of rotatable bonds is 2. The summed E-state index contributed by atoms with van der Waals surface area (Å²) in [7, 11) is 0. The number of benzene rings is 2. The molecule has 6 heteroatoms. The Balaban J connectivity index is 0.000000197. The van der Waals surface area contributed by atoms with E-state index in [4.69, 9.17) is 8.53 Å². The van der Waals surface area contributed by atoms with Crippen molar-refractivity contribution in [3.05, 3.63) is 112 Å². The monoisotopic (exact) mass is 721 g/mol. The molecule has 0 aliphatic heterocycles. The van der Waals surface area contributed by atoms with Gasteiger partial charge in [0.05, 0.1) is 10.3 Å². The minimum Gasteiger partial charge on any atom is -0.486 e. The summed E-state index contributed by atoms with van der Waals surface area (Å²) in [5.41, 5.74) is 8.23. The van der Waals surface area contributed by atoms with Gasteiger partial charge in [0, 0.05) is 52.6 Å². The maximum absolute atomic E-state index is 7.55. The number of nitrogens with zero attached hydrogens (tertiary/aromatic N) is 3. The van der Waals surface area contributed by atoms with Crippen LogP contribution in [0.3, 0.4) is 0 Å². The van der Waals surface area contributed by atoms with Crippen LogP contribution < -0.4 is 0 Å². The second-order valence-corrected chi connectivity index (χ2v) is 10.9. The van der Waals surface area contributed by atoms with E-state index in [1.807, 2.05) is 36.7 Å². The van der Waals surface area contributed by atoms with Crippen LogP contribution >= 0.6 is 11.3 Å². The maximum atomic E-state index is 7.55. The molecule has 201 valence electrons. The van der Waals surface area contributed by atoms with Gasteiger partial charge < -0.3 is 14.4 Å². The van der Waals surface area contributed by atoms with E-state index in [9.17, 15) is 0 Å². The number of fused-ring (bicyclic) bond motifs is 4. The van der Waals surface area contributed by atoms with Crippen molar-refractivity contribution in [2.45, 2.75) is 34.5 Å². The average Bonchev–Trinajstić information content (AvgIpc) is 3.53. The number of hydrogen-bond donors (Lipinski definition) is 0. The third kappa shape index (κ3) is 5.48. The second kappa shape index (κ2) is 11.4. The number of furan rings is 1. The second-order valence-electron chi connectivity index (χ2n) is 9.64. The topological polar surface area (TPSA) is 51.8 Å². The van der Waals surface area contributed by atoms with Crippen LogP contribution in [0.1, 0.15) is 31.4 Å². The molecule has 1 radical (unpaired) electrons. The fraction of sp³-hybridized carbons (Fsp3) is 0.147. The summed E-state index contributed by atoms with van der Waals surface area (Å²) < 4.78 is 29.8. The fourth-order valence-electron chi connectivity index (χ4n) is 4.46. The van der Waals surface area contributed by atoms with Crippen molar-refractivity contribution in [2.75, 3.05) is 0 Å². The minimum absolute atomic E-state index is 0. The molecule has 0 saturated carbocycles. The first kappa shape index (κ1) is 24.1. The first-order valence-electron chi connectivity index (χ1n) is 14.1. The van der Waals surface area contributed by atoms with Crippen molar-refractivity contribution in [3.8, 4) is 22.5 Å². The number of thiophene rings is 1. The van der Waals surface area contributed by atoms with Crippen LogP contribution in [0.4, 0.5) is 0 Å². The third-order valence-corrected chi connectivity index (χ3v) is 7.70. The summed E-state index contributed by atoms with van der Waals surface area (Å²) in [6.07, 6.45) is 3.78. The van der Waals surface area contributed by atoms with E-state index in [1.54, 1.807) is 17.4 Å². The molecule has 0 bridgehead atoms. The van der Waals surface area contributed by atoms with Gasteiger partial charge in [-0.2, -0.15) is 0 Å². The molecule has 4 nitrogen and oxygen atoms in total. The molecule has 0 fully saturated rings. The Morgan fingerprint density at radius 3 is 2.48 bits per heavy atom. The molecule has 0 aliphatic rings. The molecular weight excluding hydrogens is 691 g/mol. The molecule has 5 heterocycles. The van der Waals surface area contributed by atoms with Gasteiger partial charge in [0.1, 0.15) is 0 Å². The standard InChI is InChI=1S/C20H13N2OS.C14H14N.Ir/c1-11-6-7-15-14-4-3-5-16(19(14)23-20(15)22-11)17-9-13-8-12(2)24-18(13)10-21-17;1-10-4-6-13(7-5-10)14-8-11(2)12(3)9-15-14;/h3-4,6-10H,1-2H3;4-6,8-9H,1-3H3;/q2*-1;/i1D3;;. The van der Waals surface area contributed by atoms with Gasteiger partial charge in [-0.15, -0.1) is 64.9 Å². The van der Waals surface area contributed by atoms with E-state index in [0.717, 1.165) is 43.4 Å². The normalized spacial score (nSPS) is 12.3. The van der Waals surface area contributed by atoms with E-state index in [-0.39, 0.29) is 25.8 Å². The number of pyridine rings is 3. The van der Waals surface area contributed by atoms with Crippen molar-refractivity contribution in [2.24, 2.45) is 0 Å². The summed E-state index contributed by atoms with van der Waals surface area (Å²) in [5.74, 6) is 0. The Morgan fingerprint density at radius 2 is 1.70 bits per heavy atom. The molecule has 7 aromatic rings. The molecular formula is C34H27IrN3OS-2. The van der Waals surface area contributed by atoms with Crippen molar-refractivity contribution in [1.29, 1.82) is 0 Å². The number of aryl methyl sites for hydroxylation is 5. The molecule has 0 unspecified atom stereocenters. The number of aromatic nitrogens is 3. The van der Waals surface area contributed by atoms with Crippen LogP contribution in [0.15, 0.2) is 77.5 Å². The SMILES string of the molecule is Cc1c[c-]c(-c2cc(C)c(C)cn2)cc1.[2H]C([2H])([2H])c1ccc2c(n1)oc1c(-c3cc4cc(C)sc4cn3)[c-]ccc12.[Ir]. The van der Waals surface area contributed by atoms with Crippen molar-refractivity contribution < 1.29 is 28.6 Å². The van der Waals surface area contributed by atoms with Gasteiger partial charge in [0.2, 0.25) is 5.71 Å².